The van der Waals surface area contributed by atoms with Crippen molar-refractivity contribution >= 4 is 11.8 Å². The molecule has 0 aliphatic carbocycles. The molecule has 0 aliphatic heterocycles. The molecule has 0 amide bonds. The van der Waals surface area contributed by atoms with Crippen molar-refractivity contribution in [2.75, 3.05) is 11.9 Å². The molecule has 0 bridgehead atoms. The number of carbonyl (C=O) groups excluding carboxylic acids is 1. The van der Waals surface area contributed by atoms with Crippen LogP contribution in [0.2, 0.25) is 0 Å². The number of esters is 1. The number of rotatable bonds is 6. The number of aromatic nitrogens is 4. The molecule has 25 heavy (non-hydrogen) atoms. The van der Waals surface area contributed by atoms with E-state index in [-0.39, 0.29) is 12.0 Å². The minimum absolute atomic E-state index is 0.0848. The average Bonchev–Trinajstić information content (AvgIpc) is 3.13. The minimum atomic E-state index is -0.375. The molecule has 7 nitrogen and oxygen atoms in total. The van der Waals surface area contributed by atoms with E-state index in [4.69, 9.17) is 4.74 Å². The van der Waals surface area contributed by atoms with Crippen molar-refractivity contribution in [3.05, 3.63) is 66.1 Å². The van der Waals surface area contributed by atoms with Crippen LogP contribution < -0.4 is 5.32 Å². The fourth-order valence-corrected chi connectivity index (χ4v) is 2.29. The fraction of sp³-hybridized carbons (Fsp3) is 0.222. The molecule has 7 heteroatoms. The van der Waals surface area contributed by atoms with Gasteiger partial charge in [0.2, 0.25) is 0 Å². The predicted molar refractivity (Wildman–Crippen MR) is 93.6 cm³/mol. The van der Waals surface area contributed by atoms with Crippen LogP contribution in [0, 0.1) is 0 Å². The molecule has 3 aromatic rings. The van der Waals surface area contributed by atoms with Gasteiger partial charge in [-0.15, -0.1) is 5.10 Å². The molecule has 1 unspecified atom stereocenters. The number of hydrogen-bond acceptors (Lipinski definition) is 6. The summed E-state index contributed by atoms with van der Waals surface area (Å²) in [4.78, 5) is 15.9. The third kappa shape index (κ3) is 4.00. The Bertz CT molecular complexity index is 830. The van der Waals surface area contributed by atoms with Crippen molar-refractivity contribution in [1.82, 2.24) is 20.0 Å². The van der Waals surface area contributed by atoms with Crippen LogP contribution in [-0.4, -0.2) is 32.6 Å². The standard InChI is InChI=1S/C18H19N5O2/c1-3-25-18(24)14-9-10-17(19-11-14)20-13(2)16-12-23(22-21-16)15-7-5-4-6-8-15/h4-13H,3H2,1-2H3,(H,19,20). The quantitative estimate of drug-likeness (QED) is 0.696. The van der Waals surface area contributed by atoms with E-state index in [9.17, 15) is 4.79 Å². The second-order valence-electron chi connectivity index (χ2n) is 5.44. The van der Waals surface area contributed by atoms with E-state index in [1.54, 1.807) is 23.7 Å². The highest BCUT2D eigenvalue weighted by atomic mass is 16.5. The predicted octanol–water partition coefficient (Wildman–Crippen LogP) is 3.01. The third-order valence-electron chi connectivity index (χ3n) is 3.61. The van der Waals surface area contributed by atoms with Gasteiger partial charge >= 0.3 is 5.97 Å². The number of pyridine rings is 1. The molecule has 2 heterocycles. The summed E-state index contributed by atoms with van der Waals surface area (Å²) in [6.07, 6.45) is 3.37. The molecule has 3 rings (SSSR count). The second-order valence-corrected chi connectivity index (χ2v) is 5.44. The SMILES string of the molecule is CCOC(=O)c1ccc(NC(C)c2cn(-c3ccccc3)nn2)nc1. The molecule has 1 aromatic carbocycles. The van der Waals surface area contributed by atoms with Gasteiger partial charge in [-0.2, -0.15) is 0 Å². The first kappa shape index (κ1) is 16.6. The number of ether oxygens (including phenoxy) is 1. The van der Waals surface area contributed by atoms with Crippen LogP contribution in [0.3, 0.4) is 0 Å². The summed E-state index contributed by atoms with van der Waals surface area (Å²) in [7, 11) is 0. The summed E-state index contributed by atoms with van der Waals surface area (Å²) in [6.45, 7) is 4.08. The summed E-state index contributed by atoms with van der Waals surface area (Å²) < 4.78 is 6.67. The van der Waals surface area contributed by atoms with Crippen molar-refractivity contribution in [3.8, 4) is 5.69 Å². The monoisotopic (exact) mass is 337 g/mol. The first-order valence-electron chi connectivity index (χ1n) is 8.04. The number of nitrogens with one attached hydrogen (secondary N) is 1. The van der Waals surface area contributed by atoms with E-state index in [0.29, 0.717) is 18.0 Å². The van der Waals surface area contributed by atoms with Gasteiger partial charge in [-0.25, -0.2) is 14.5 Å². The Kier molecular flexibility index (Phi) is 5.03. The van der Waals surface area contributed by atoms with Gasteiger partial charge in [0, 0.05) is 6.20 Å². The number of nitrogens with zero attached hydrogens (tertiary/aromatic N) is 4. The zero-order valence-corrected chi connectivity index (χ0v) is 14.1. The van der Waals surface area contributed by atoms with Crippen molar-refractivity contribution < 1.29 is 9.53 Å². The molecule has 0 aliphatic rings. The Morgan fingerprint density at radius 2 is 2.04 bits per heavy atom. The van der Waals surface area contributed by atoms with Gasteiger partial charge in [-0.1, -0.05) is 23.4 Å². The molecule has 0 spiro atoms. The highest BCUT2D eigenvalue weighted by molar-refractivity contribution is 5.89. The maximum absolute atomic E-state index is 11.6. The molecule has 0 radical (unpaired) electrons. The summed E-state index contributed by atoms with van der Waals surface area (Å²) in [6, 6.07) is 13.1. The van der Waals surface area contributed by atoms with E-state index in [0.717, 1.165) is 11.4 Å². The Hall–Kier alpha value is -3.22. The summed E-state index contributed by atoms with van der Waals surface area (Å²) in [5.74, 6) is 0.273. The van der Waals surface area contributed by atoms with Crippen molar-refractivity contribution in [2.24, 2.45) is 0 Å². The van der Waals surface area contributed by atoms with Crippen LogP contribution in [-0.2, 0) is 4.74 Å². The summed E-state index contributed by atoms with van der Waals surface area (Å²) >= 11 is 0. The number of benzene rings is 1. The van der Waals surface area contributed by atoms with Crippen LogP contribution >= 0.6 is 0 Å². The molecular formula is C18H19N5O2. The van der Waals surface area contributed by atoms with Gasteiger partial charge in [-0.05, 0) is 38.1 Å². The van der Waals surface area contributed by atoms with Crippen molar-refractivity contribution in [3.63, 3.8) is 0 Å². The Morgan fingerprint density at radius 1 is 1.24 bits per heavy atom. The molecular weight excluding hydrogens is 318 g/mol. The van der Waals surface area contributed by atoms with Gasteiger partial charge < -0.3 is 10.1 Å². The summed E-state index contributed by atoms with van der Waals surface area (Å²) in [5.41, 5.74) is 2.17. The first-order chi connectivity index (χ1) is 12.2. The van der Waals surface area contributed by atoms with Gasteiger partial charge in [0.15, 0.2) is 0 Å². The normalized spacial score (nSPS) is 11.8. The fourth-order valence-electron chi connectivity index (χ4n) is 2.29. The van der Waals surface area contributed by atoms with Crippen LogP contribution in [0.1, 0.15) is 35.9 Å². The van der Waals surface area contributed by atoms with E-state index in [1.165, 1.54) is 6.20 Å². The topological polar surface area (TPSA) is 81.9 Å². The lowest BCUT2D eigenvalue weighted by Crippen LogP contribution is -2.10. The highest BCUT2D eigenvalue weighted by Gasteiger charge is 2.12. The number of carbonyl (C=O) groups is 1. The molecule has 0 saturated heterocycles. The maximum Gasteiger partial charge on any atom is 0.339 e. The lowest BCUT2D eigenvalue weighted by Gasteiger charge is -2.11. The third-order valence-corrected chi connectivity index (χ3v) is 3.61. The zero-order chi connectivity index (χ0) is 17.6. The molecule has 1 N–H and O–H groups in total. The molecule has 1 atom stereocenters. The zero-order valence-electron chi connectivity index (χ0n) is 14.1. The van der Waals surface area contributed by atoms with Gasteiger partial charge in [-0.3, -0.25) is 0 Å². The molecule has 128 valence electrons. The van der Waals surface area contributed by atoms with Gasteiger partial charge in [0.25, 0.3) is 0 Å². The van der Waals surface area contributed by atoms with E-state index >= 15 is 0 Å². The Labute approximate surface area is 145 Å². The Balaban J connectivity index is 1.67. The maximum atomic E-state index is 11.6. The summed E-state index contributed by atoms with van der Waals surface area (Å²) in [5, 5.41) is 11.6. The first-order valence-corrected chi connectivity index (χ1v) is 8.04. The van der Waals surface area contributed by atoms with Gasteiger partial charge in [0.05, 0.1) is 30.1 Å². The van der Waals surface area contributed by atoms with Crippen LogP contribution in [0.5, 0.6) is 0 Å². The smallest absolute Gasteiger partial charge is 0.339 e. The van der Waals surface area contributed by atoms with E-state index in [2.05, 4.69) is 20.6 Å². The van der Waals surface area contributed by atoms with Crippen LogP contribution in [0.15, 0.2) is 54.9 Å². The Morgan fingerprint density at radius 3 is 2.72 bits per heavy atom. The second kappa shape index (κ2) is 7.57. The largest absolute Gasteiger partial charge is 0.462 e. The minimum Gasteiger partial charge on any atom is -0.462 e. The van der Waals surface area contributed by atoms with Crippen LogP contribution in [0.25, 0.3) is 5.69 Å². The lowest BCUT2D eigenvalue weighted by molar-refractivity contribution is 0.0526. The number of anilines is 1. The molecule has 0 saturated carbocycles. The van der Waals surface area contributed by atoms with Crippen LogP contribution in [0.4, 0.5) is 5.82 Å². The van der Waals surface area contributed by atoms with Crippen molar-refractivity contribution in [2.45, 2.75) is 19.9 Å². The average molecular weight is 337 g/mol. The van der Waals surface area contributed by atoms with Crippen molar-refractivity contribution in [1.29, 1.82) is 0 Å². The highest BCUT2D eigenvalue weighted by Crippen LogP contribution is 2.17. The number of para-hydroxylation sites is 1. The number of hydrogen-bond donors (Lipinski definition) is 1. The molecule has 2 aromatic heterocycles. The van der Waals surface area contributed by atoms with E-state index < -0.39 is 0 Å². The lowest BCUT2D eigenvalue weighted by atomic mass is 10.2. The van der Waals surface area contributed by atoms with E-state index in [1.807, 2.05) is 43.5 Å². The van der Waals surface area contributed by atoms with Gasteiger partial charge in [0.1, 0.15) is 11.5 Å². The molecule has 0 fully saturated rings.